The molecule has 0 aromatic heterocycles. The van der Waals surface area contributed by atoms with Crippen LogP contribution in [-0.4, -0.2) is 49.3 Å². The van der Waals surface area contributed by atoms with Crippen LogP contribution in [0, 0.1) is 0 Å². The molecule has 0 amide bonds. The standard InChI is InChI=1S/C12H18ClN3O/c13-10-2-1-3-11(12(10)14)16-6-4-15(5-7-16)8-9-17/h1-3,17H,4-9,14H2. The highest BCUT2D eigenvalue weighted by Gasteiger charge is 2.18. The van der Waals surface area contributed by atoms with Gasteiger partial charge in [-0.2, -0.15) is 0 Å². The topological polar surface area (TPSA) is 52.7 Å². The van der Waals surface area contributed by atoms with Gasteiger partial charge in [0.2, 0.25) is 0 Å². The molecule has 0 spiro atoms. The molecule has 4 nitrogen and oxygen atoms in total. The number of rotatable bonds is 3. The molecule has 1 fully saturated rings. The quantitative estimate of drug-likeness (QED) is 0.793. The fourth-order valence-electron chi connectivity index (χ4n) is 2.16. The summed E-state index contributed by atoms with van der Waals surface area (Å²) in [4.78, 5) is 4.49. The Bertz CT molecular complexity index is 378. The molecular formula is C12H18ClN3O. The van der Waals surface area contributed by atoms with E-state index < -0.39 is 0 Å². The molecule has 1 heterocycles. The number of para-hydroxylation sites is 1. The predicted octanol–water partition coefficient (Wildman–Crippen LogP) is 1.04. The Labute approximate surface area is 107 Å². The summed E-state index contributed by atoms with van der Waals surface area (Å²) in [5.74, 6) is 0. The van der Waals surface area contributed by atoms with E-state index in [1.54, 1.807) is 0 Å². The first kappa shape index (κ1) is 12.5. The molecule has 1 aliphatic heterocycles. The van der Waals surface area contributed by atoms with E-state index in [1.807, 2.05) is 18.2 Å². The van der Waals surface area contributed by atoms with Gasteiger partial charge in [-0.1, -0.05) is 17.7 Å². The van der Waals surface area contributed by atoms with Crippen LogP contribution in [0.5, 0.6) is 0 Å². The lowest BCUT2D eigenvalue weighted by molar-refractivity contribution is 0.189. The van der Waals surface area contributed by atoms with Crippen molar-refractivity contribution in [1.82, 2.24) is 4.90 Å². The SMILES string of the molecule is Nc1c(Cl)cccc1N1CCN(CCO)CC1. The molecule has 0 unspecified atom stereocenters. The van der Waals surface area contributed by atoms with Crippen LogP contribution in [0.3, 0.4) is 0 Å². The second-order valence-corrected chi connectivity index (χ2v) is 4.63. The molecule has 0 radical (unpaired) electrons. The van der Waals surface area contributed by atoms with Crippen LogP contribution < -0.4 is 10.6 Å². The van der Waals surface area contributed by atoms with E-state index in [1.165, 1.54) is 0 Å². The van der Waals surface area contributed by atoms with Gasteiger partial charge in [0.25, 0.3) is 0 Å². The minimum atomic E-state index is 0.222. The molecule has 0 atom stereocenters. The van der Waals surface area contributed by atoms with Crippen LogP contribution >= 0.6 is 11.6 Å². The van der Waals surface area contributed by atoms with Crippen molar-refractivity contribution in [2.75, 3.05) is 50.0 Å². The molecule has 1 aliphatic rings. The van der Waals surface area contributed by atoms with E-state index in [2.05, 4.69) is 9.80 Å². The number of anilines is 2. The number of benzene rings is 1. The number of aliphatic hydroxyl groups excluding tert-OH is 1. The summed E-state index contributed by atoms with van der Waals surface area (Å²) < 4.78 is 0. The molecule has 17 heavy (non-hydrogen) atoms. The van der Waals surface area contributed by atoms with Gasteiger partial charge in [0.05, 0.1) is 23.0 Å². The molecule has 3 N–H and O–H groups in total. The summed E-state index contributed by atoms with van der Waals surface area (Å²) in [6.45, 7) is 4.71. The maximum atomic E-state index is 8.89. The van der Waals surface area contributed by atoms with Crippen LogP contribution in [0.25, 0.3) is 0 Å². The van der Waals surface area contributed by atoms with Crippen molar-refractivity contribution < 1.29 is 5.11 Å². The normalized spacial score (nSPS) is 17.4. The molecule has 2 rings (SSSR count). The van der Waals surface area contributed by atoms with E-state index in [-0.39, 0.29) is 6.61 Å². The molecule has 94 valence electrons. The molecule has 0 saturated carbocycles. The second kappa shape index (κ2) is 5.58. The fourth-order valence-corrected chi connectivity index (χ4v) is 2.32. The number of piperazine rings is 1. The Kier molecular flexibility index (Phi) is 4.10. The van der Waals surface area contributed by atoms with Crippen LogP contribution in [0.4, 0.5) is 11.4 Å². The van der Waals surface area contributed by atoms with Crippen LogP contribution in [0.2, 0.25) is 5.02 Å². The average molecular weight is 256 g/mol. The fraction of sp³-hybridized carbons (Fsp3) is 0.500. The first-order chi connectivity index (χ1) is 8.22. The van der Waals surface area contributed by atoms with E-state index in [0.29, 0.717) is 10.7 Å². The van der Waals surface area contributed by atoms with Crippen molar-refractivity contribution >= 4 is 23.0 Å². The zero-order valence-electron chi connectivity index (χ0n) is 9.77. The van der Waals surface area contributed by atoms with E-state index >= 15 is 0 Å². The lowest BCUT2D eigenvalue weighted by Crippen LogP contribution is -2.47. The number of β-amino-alcohol motifs (C(OH)–C–C–N with tert-alkyl or cyclic N) is 1. The van der Waals surface area contributed by atoms with Crippen molar-refractivity contribution in [3.8, 4) is 0 Å². The monoisotopic (exact) mass is 255 g/mol. The maximum absolute atomic E-state index is 8.89. The molecule has 1 aromatic rings. The van der Waals surface area contributed by atoms with Crippen molar-refractivity contribution in [1.29, 1.82) is 0 Å². The first-order valence-electron chi connectivity index (χ1n) is 5.84. The Morgan fingerprint density at radius 2 is 1.94 bits per heavy atom. The van der Waals surface area contributed by atoms with E-state index in [0.717, 1.165) is 38.4 Å². The van der Waals surface area contributed by atoms with E-state index in [4.69, 9.17) is 22.4 Å². The maximum Gasteiger partial charge on any atom is 0.0741 e. The number of nitrogen functional groups attached to an aromatic ring is 1. The Morgan fingerprint density at radius 1 is 1.24 bits per heavy atom. The first-order valence-corrected chi connectivity index (χ1v) is 6.22. The zero-order chi connectivity index (χ0) is 12.3. The van der Waals surface area contributed by atoms with Crippen molar-refractivity contribution in [3.05, 3.63) is 23.2 Å². The highest BCUT2D eigenvalue weighted by molar-refractivity contribution is 6.33. The summed E-state index contributed by atoms with van der Waals surface area (Å²) >= 11 is 6.02. The Morgan fingerprint density at radius 3 is 2.59 bits per heavy atom. The minimum Gasteiger partial charge on any atom is -0.396 e. The van der Waals surface area contributed by atoms with Crippen LogP contribution in [-0.2, 0) is 0 Å². The smallest absolute Gasteiger partial charge is 0.0741 e. The zero-order valence-corrected chi connectivity index (χ0v) is 10.5. The molecule has 5 heteroatoms. The number of aliphatic hydroxyl groups is 1. The molecule has 0 bridgehead atoms. The summed E-state index contributed by atoms with van der Waals surface area (Å²) in [6, 6.07) is 5.74. The third kappa shape index (κ3) is 2.83. The van der Waals surface area contributed by atoms with Crippen LogP contribution in [0.15, 0.2) is 18.2 Å². The lowest BCUT2D eigenvalue weighted by Gasteiger charge is -2.36. The summed E-state index contributed by atoms with van der Waals surface area (Å²) in [6.07, 6.45) is 0. The van der Waals surface area contributed by atoms with Crippen molar-refractivity contribution in [2.45, 2.75) is 0 Å². The number of halogens is 1. The minimum absolute atomic E-state index is 0.222. The molecule has 0 aliphatic carbocycles. The van der Waals surface area contributed by atoms with Gasteiger partial charge in [0.1, 0.15) is 0 Å². The third-order valence-electron chi connectivity index (χ3n) is 3.16. The van der Waals surface area contributed by atoms with Gasteiger partial charge in [-0.05, 0) is 12.1 Å². The molecular weight excluding hydrogens is 238 g/mol. The number of hydrogen-bond donors (Lipinski definition) is 2. The molecule has 1 saturated heterocycles. The molecule has 1 aromatic carbocycles. The third-order valence-corrected chi connectivity index (χ3v) is 3.49. The second-order valence-electron chi connectivity index (χ2n) is 4.22. The number of nitrogens with zero attached hydrogens (tertiary/aromatic N) is 2. The largest absolute Gasteiger partial charge is 0.396 e. The summed E-state index contributed by atoms with van der Waals surface area (Å²) in [5, 5.41) is 9.50. The number of nitrogens with two attached hydrogens (primary N) is 1. The van der Waals surface area contributed by atoms with Gasteiger partial charge in [0, 0.05) is 32.7 Å². The van der Waals surface area contributed by atoms with Gasteiger partial charge in [-0.3, -0.25) is 4.90 Å². The Balaban J connectivity index is 2.03. The van der Waals surface area contributed by atoms with Crippen molar-refractivity contribution in [3.63, 3.8) is 0 Å². The average Bonchev–Trinajstić information content (AvgIpc) is 2.34. The highest BCUT2D eigenvalue weighted by Crippen LogP contribution is 2.30. The van der Waals surface area contributed by atoms with Gasteiger partial charge < -0.3 is 15.7 Å². The van der Waals surface area contributed by atoms with Crippen molar-refractivity contribution in [2.24, 2.45) is 0 Å². The van der Waals surface area contributed by atoms with Gasteiger partial charge in [0.15, 0.2) is 0 Å². The predicted molar refractivity (Wildman–Crippen MR) is 71.6 cm³/mol. The van der Waals surface area contributed by atoms with Gasteiger partial charge in [-0.15, -0.1) is 0 Å². The van der Waals surface area contributed by atoms with Gasteiger partial charge in [-0.25, -0.2) is 0 Å². The lowest BCUT2D eigenvalue weighted by atomic mass is 10.2. The summed E-state index contributed by atoms with van der Waals surface area (Å²) in [5.41, 5.74) is 7.65. The Hall–Kier alpha value is -0.970. The van der Waals surface area contributed by atoms with Crippen LogP contribution in [0.1, 0.15) is 0 Å². The number of hydrogen-bond acceptors (Lipinski definition) is 4. The summed E-state index contributed by atoms with van der Waals surface area (Å²) in [7, 11) is 0. The highest BCUT2D eigenvalue weighted by atomic mass is 35.5. The van der Waals surface area contributed by atoms with E-state index in [9.17, 15) is 0 Å². The van der Waals surface area contributed by atoms with Gasteiger partial charge >= 0.3 is 0 Å².